The molecule has 1 saturated heterocycles. The third-order valence-electron chi connectivity index (χ3n) is 4.19. The molecule has 1 heterocycles. The van der Waals surface area contributed by atoms with Gasteiger partial charge < -0.3 is 4.90 Å². The van der Waals surface area contributed by atoms with Gasteiger partial charge in [0.1, 0.15) is 5.78 Å². The third-order valence-corrected chi connectivity index (χ3v) is 5.34. The molecule has 2 aliphatic rings. The van der Waals surface area contributed by atoms with Crippen LogP contribution in [0.1, 0.15) is 33.1 Å². The highest BCUT2D eigenvalue weighted by Gasteiger charge is 2.41. The van der Waals surface area contributed by atoms with Gasteiger partial charge in [-0.25, -0.2) is 0 Å². The van der Waals surface area contributed by atoms with Gasteiger partial charge in [0.05, 0.1) is 0 Å². The van der Waals surface area contributed by atoms with Crippen molar-refractivity contribution >= 4 is 17.5 Å². The van der Waals surface area contributed by atoms with Gasteiger partial charge in [0.2, 0.25) is 0 Å². The summed E-state index contributed by atoms with van der Waals surface area (Å²) in [4.78, 5) is 14.6. The molecule has 1 saturated carbocycles. The van der Waals surface area contributed by atoms with Crippen molar-refractivity contribution in [1.29, 1.82) is 0 Å². The zero-order valence-electron chi connectivity index (χ0n) is 10.7. The molecule has 1 aliphatic carbocycles. The number of nitrogens with zero attached hydrogens (tertiary/aromatic N) is 1. The molecule has 1 aliphatic heterocycles. The van der Waals surface area contributed by atoms with Crippen LogP contribution in [0.15, 0.2) is 0 Å². The maximum atomic E-state index is 12.1. The number of ketones is 1. The van der Waals surface area contributed by atoms with Crippen molar-refractivity contribution in [2.75, 3.05) is 25.1 Å². The largest absolute Gasteiger partial charge is 0.302 e. The van der Waals surface area contributed by atoms with Gasteiger partial charge in [0, 0.05) is 29.7 Å². The summed E-state index contributed by atoms with van der Waals surface area (Å²) in [6, 6.07) is 0.710. The van der Waals surface area contributed by atoms with Gasteiger partial charge in [-0.3, -0.25) is 4.79 Å². The zero-order chi connectivity index (χ0) is 11.8. The second kappa shape index (κ2) is 4.69. The second-order valence-electron chi connectivity index (χ2n) is 5.94. The fourth-order valence-electron chi connectivity index (χ4n) is 2.88. The maximum absolute atomic E-state index is 12.1. The van der Waals surface area contributed by atoms with Crippen LogP contribution in [0.5, 0.6) is 0 Å². The molecule has 3 heteroatoms. The first-order valence-electron chi connectivity index (χ1n) is 6.33. The van der Waals surface area contributed by atoms with Crippen molar-refractivity contribution < 1.29 is 4.79 Å². The number of rotatable bonds is 3. The van der Waals surface area contributed by atoms with E-state index >= 15 is 0 Å². The number of carbonyl (C=O) groups is 1. The van der Waals surface area contributed by atoms with Crippen molar-refractivity contribution in [3.8, 4) is 0 Å². The number of hydrogen-bond acceptors (Lipinski definition) is 3. The molecule has 0 amide bonds. The molecule has 2 atom stereocenters. The molecule has 0 aromatic heterocycles. The minimum Gasteiger partial charge on any atom is -0.302 e. The lowest BCUT2D eigenvalue weighted by atomic mass is 9.89. The fraction of sp³-hybridized carbons (Fsp3) is 0.923. The van der Waals surface area contributed by atoms with Gasteiger partial charge in [0.25, 0.3) is 0 Å². The Morgan fingerprint density at radius 3 is 2.69 bits per heavy atom. The van der Waals surface area contributed by atoms with Crippen LogP contribution in [0.25, 0.3) is 0 Å². The highest BCUT2D eigenvalue weighted by Crippen LogP contribution is 2.38. The number of Topliss-reactive ketones (excluding diaryl/α,β-unsaturated/α-hetero) is 1. The minimum absolute atomic E-state index is 0.0596. The highest BCUT2D eigenvalue weighted by atomic mass is 32.2. The first-order valence-corrected chi connectivity index (χ1v) is 7.48. The smallest absolute Gasteiger partial charge is 0.142 e. The van der Waals surface area contributed by atoms with E-state index in [1.807, 2.05) is 11.8 Å². The van der Waals surface area contributed by atoms with E-state index in [9.17, 15) is 4.79 Å². The highest BCUT2D eigenvalue weighted by molar-refractivity contribution is 7.99. The van der Waals surface area contributed by atoms with Gasteiger partial charge in [-0.2, -0.15) is 11.8 Å². The number of thioether (sulfide) groups is 1. The number of hydrogen-bond donors (Lipinski definition) is 0. The standard InChI is InChI=1S/C13H23NOS/c1-13(2)6-4-10(12(13)15)8-14(3)11-5-7-16-9-11/h10-11H,4-9H2,1-3H3. The summed E-state index contributed by atoms with van der Waals surface area (Å²) in [5.74, 6) is 3.33. The third kappa shape index (κ3) is 2.45. The summed E-state index contributed by atoms with van der Waals surface area (Å²) in [6.07, 6.45) is 3.46. The second-order valence-corrected chi connectivity index (χ2v) is 7.09. The van der Waals surface area contributed by atoms with Gasteiger partial charge in [-0.05, 0) is 32.1 Å². The van der Waals surface area contributed by atoms with Crippen LogP contribution < -0.4 is 0 Å². The van der Waals surface area contributed by atoms with Gasteiger partial charge >= 0.3 is 0 Å². The van der Waals surface area contributed by atoms with E-state index in [1.54, 1.807) is 0 Å². The first kappa shape index (κ1) is 12.4. The molecular formula is C13H23NOS. The van der Waals surface area contributed by atoms with Gasteiger partial charge in [-0.15, -0.1) is 0 Å². The van der Waals surface area contributed by atoms with Crippen molar-refractivity contribution in [1.82, 2.24) is 4.90 Å². The normalized spacial score (nSPS) is 33.9. The molecule has 0 N–H and O–H groups in total. The average Bonchev–Trinajstić information content (AvgIpc) is 2.82. The molecule has 0 spiro atoms. The summed E-state index contributed by atoms with van der Waals surface area (Å²) >= 11 is 2.04. The Bertz CT molecular complexity index is 271. The molecule has 16 heavy (non-hydrogen) atoms. The van der Waals surface area contributed by atoms with Crippen LogP contribution in [0.2, 0.25) is 0 Å². The molecule has 0 radical (unpaired) electrons. The van der Waals surface area contributed by atoms with Gasteiger partial charge in [-0.1, -0.05) is 13.8 Å². The molecule has 92 valence electrons. The van der Waals surface area contributed by atoms with E-state index in [1.165, 1.54) is 17.9 Å². The Morgan fingerprint density at radius 2 is 2.19 bits per heavy atom. The fourth-order valence-corrected chi connectivity index (χ4v) is 4.18. The van der Waals surface area contributed by atoms with Crippen LogP contribution in [-0.2, 0) is 4.79 Å². The summed E-state index contributed by atoms with van der Waals surface area (Å²) in [5.41, 5.74) is -0.0596. The lowest BCUT2D eigenvalue weighted by molar-refractivity contribution is -0.128. The Hall–Kier alpha value is -0.0200. The van der Waals surface area contributed by atoms with E-state index in [-0.39, 0.29) is 5.41 Å². The molecule has 0 aromatic carbocycles. The quantitative estimate of drug-likeness (QED) is 0.757. The molecule has 0 aromatic rings. The predicted molar refractivity (Wildman–Crippen MR) is 69.9 cm³/mol. The van der Waals surface area contributed by atoms with E-state index in [2.05, 4.69) is 25.8 Å². The molecule has 2 fully saturated rings. The van der Waals surface area contributed by atoms with Crippen molar-refractivity contribution in [2.45, 2.75) is 39.2 Å². The van der Waals surface area contributed by atoms with Crippen LogP contribution in [0.3, 0.4) is 0 Å². The summed E-state index contributed by atoms with van der Waals surface area (Å²) in [6.45, 7) is 5.18. The maximum Gasteiger partial charge on any atom is 0.142 e. The zero-order valence-corrected chi connectivity index (χ0v) is 11.5. The SMILES string of the molecule is CN(CC1CCC(C)(C)C1=O)C1CCSC1. The summed E-state index contributed by atoms with van der Waals surface area (Å²) in [5, 5.41) is 0. The Balaban J connectivity index is 1.88. The minimum atomic E-state index is -0.0596. The summed E-state index contributed by atoms with van der Waals surface area (Å²) in [7, 11) is 2.19. The Kier molecular flexibility index (Phi) is 3.65. The van der Waals surface area contributed by atoms with E-state index < -0.39 is 0 Å². The van der Waals surface area contributed by atoms with Crippen molar-refractivity contribution in [2.24, 2.45) is 11.3 Å². The average molecular weight is 241 g/mol. The van der Waals surface area contributed by atoms with Crippen LogP contribution in [-0.4, -0.2) is 41.8 Å². The number of carbonyl (C=O) groups excluding carboxylic acids is 1. The Labute approximate surface area is 103 Å². The lowest BCUT2D eigenvalue weighted by Crippen LogP contribution is -2.37. The van der Waals surface area contributed by atoms with Crippen LogP contribution in [0, 0.1) is 11.3 Å². The van der Waals surface area contributed by atoms with Crippen LogP contribution in [0.4, 0.5) is 0 Å². The van der Waals surface area contributed by atoms with E-state index in [4.69, 9.17) is 0 Å². The van der Waals surface area contributed by atoms with E-state index in [0.29, 0.717) is 17.7 Å². The summed E-state index contributed by atoms with van der Waals surface area (Å²) < 4.78 is 0. The molecular weight excluding hydrogens is 218 g/mol. The lowest BCUT2D eigenvalue weighted by Gasteiger charge is -2.26. The molecule has 2 nitrogen and oxygen atoms in total. The Morgan fingerprint density at radius 1 is 1.44 bits per heavy atom. The molecule has 0 bridgehead atoms. The predicted octanol–water partition coefficient (Wildman–Crippen LogP) is 2.43. The monoisotopic (exact) mass is 241 g/mol. The first-order chi connectivity index (χ1) is 7.50. The molecule has 2 unspecified atom stereocenters. The molecule has 2 rings (SSSR count). The van der Waals surface area contributed by atoms with Crippen molar-refractivity contribution in [3.63, 3.8) is 0 Å². The van der Waals surface area contributed by atoms with Gasteiger partial charge in [0.15, 0.2) is 0 Å². The van der Waals surface area contributed by atoms with Crippen molar-refractivity contribution in [3.05, 3.63) is 0 Å². The van der Waals surface area contributed by atoms with E-state index in [0.717, 1.165) is 19.4 Å². The topological polar surface area (TPSA) is 20.3 Å². The van der Waals surface area contributed by atoms with Crippen LogP contribution >= 0.6 is 11.8 Å².